The van der Waals surface area contributed by atoms with Crippen molar-refractivity contribution in [3.8, 4) is 0 Å². The Labute approximate surface area is 283 Å². The number of sulfonamides is 3. The van der Waals surface area contributed by atoms with Gasteiger partial charge in [0.05, 0.1) is 14.7 Å². The van der Waals surface area contributed by atoms with Gasteiger partial charge in [-0.15, -0.1) is 0 Å². The third kappa shape index (κ3) is 9.73. The molecule has 0 fully saturated rings. The molecule has 12 heteroatoms. The van der Waals surface area contributed by atoms with Crippen molar-refractivity contribution in [3.05, 3.63) is 86.5 Å². The van der Waals surface area contributed by atoms with Crippen molar-refractivity contribution in [1.82, 2.24) is 13.7 Å². The molecule has 2 N–H and O–H groups in total. The number of rotatable bonds is 16. The normalized spacial score (nSPS) is 12.6. The van der Waals surface area contributed by atoms with E-state index in [1.54, 1.807) is 41.5 Å². The van der Waals surface area contributed by atoms with Gasteiger partial charge in [-0.2, -0.15) is 4.31 Å². The fraction of sp³-hybridized carbons (Fsp3) is 0.486. The third-order valence-corrected chi connectivity index (χ3v) is 13.9. The highest BCUT2D eigenvalue weighted by molar-refractivity contribution is 7.90. The van der Waals surface area contributed by atoms with Crippen LogP contribution < -0.4 is 9.44 Å². The van der Waals surface area contributed by atoms with Crippen molar-refractivity contribution in [1.29, 1.82) is 0 Å². The second-order valence-electron chi connectivity index (χ2n) is 12.8. The molecule has 0 amide bonds. The van der Waals surface area contributed by atoms with E-state index in [1.807, 2.05) is 57.2 Å². The third-order valence-electron chi connectivity index (χ3n) is 8.20. The quantitative estimate of drug-likeness (QED) is 0.177. The molecule has 260 valence electrons. The van der Waals surface area contributed by atoms with E-state index in [0.29, 0.717) is 59.1 Å². The van der Waals surface area contributed by atoms with Gasteiger partial charge in [0.1, 0.15) is 0 Å². The van der Waals surface area contributed by atoms with Crippen molar-refractivity contribution < 1.29 is 25.3 Å². The monoisotopic (exact) mass is 705 g/mol. The highest BCUT2D eigenvalue weighted by Gasteiger charge is 2.28. The Bertz CT molecular complexity index is 1770. The number of nitrogens with one attached hydrogen (secondary N) is 2. The van der Waals surface area contributed by atoms with Gasteiger partial charge >= 0.3 is 0 Å². The standard InChI is InChI=1S/C35H51N3O6S3/c1-24-18-27(4)33(28(5)19-24)45(39,40)36-14-10-12-16-38(47(43,44)35-31(8)22-26(3)23-32(35)9)17-13-11-15-37-46(41,42)34-29(6)20-25(2)21-30(34)7/h18-23,36-37H,10-17H2,1-9H3. The summed E-state index contributed by atoms with van der Waals surface area (Å²) in [7, 11) is -11.3. The summed E-state index contributed by atoms with van der Waals surface area (Å²) in [6.45, 7) is 17.2. The first kappa shape index (κ1) is 38.8. The van der Waals surface area contributed by atoms with Crippen LogP contribution in [0.4, 0.5) is 0 Å². The summed E-state index contributed by atoms with van der Waals surface area (Å²) in [5.74, 6) is 0. The zero-order valence-corrected chi connectivity index (χ0v) is 31.7. The molecule has 0 unspecified atom stereocenters. The minimum absolute atomic E-state index is 0.172. The zero-order chi connectivity index (χ0) is 35.3. The number of unbranched alkanes of at least 4 members (excludes halogenated alkanes) is 2. The van der Waals surface area contributed by atoms with Gasteiger partial charge in [0, 0.05) is 26.2 Å². The van der Waals surface area contributed by atoms with Crippen molar-refractivity contribution >= 4 is 30.1 Å². The summed E-state index contributed by atoms with van der Waals surface area (Å²) in [6.07, 6.45) is 1.76. The van der Waals surface area contributed by atoms with E-state index in [4.69, 9.17) is 0 Å². The minimum Gasteiger partial charge on any atom is -0.211 e. The Hall–Kier alpha value is -2.61. The smallest absolute Gasteiger partial charge is 0.211 e. The molecule has 3 aromatic carbocycles. The van der Waals surface area contributed by atoms with E-state index in [1.165, 1.54) is 4.31 Å². The number of benzene rings is 3. The molecule has 3 aromatic rings. The van der Waals surface area contributed by atoms with Crippen LogP contribution in [0.2, 0.25) is 0 Å². The topological polar surface area (TPSA) is 130 Å². The molecule has 0 bridgehead atoms. The molecule has 0 heterocycles. The molecule has 0 aliphatic rings. The maximum absolute atomic E-state index is 14.0. The first-order valence-corrected chi connectivity index (χ1v) is 20.4. The van der Waals surface area contributed by atoms with E-state index in [0.717, 1.165) is 16.7 Å². The van der Waals surface area contributed by atoms with Gasteiger partial charge in [-0.25, -0.2) is 34.7 Å². The fourth-order valence-electron chi connectivity index (χ4n) is 6.62. The number of hydrogen-bond donors (Lipinski definition) is 2. The van der Waals surface area contributed by atoms with Crippen molar-refractivity contribution in [2.45, 2.75) is 103 Å². The van der Waals surface area contributed by atoms with Gasteiger partial charge in [-0.05, 0) is 121 Å². The van der Waals surface area contributed by atoms with Crippen LogP contribution in [0.15, 0.2) is 51.1 Å². The van der Waals surface area contributed by atoms with E-state index < -0.39 is 30.1 Å². The largest absolute Gasteiger partial charge is 0.243 e. The molecule has 0 spiro atoms. The van der Waals surface area contributed by atoms with Gasteiger partial charge in [0.25, 0.3) is 0 Å². The van der Waals surface area contributed by atoms with Crippen molar-refractivity contribution in [3.63, 3.8) is 0 Å². The van der Waals surface area contributed by atoms with Gasteiger partial charge < -0.3 is 0 Å². The Balaban J connectivity index is 1.69. The predicted molar refractivity (Wildman–Crippen MR) is 190 cm³/mol. The van der Waals surface area contributed by atoms with E-state index >= 15 is 0 Å². The summed E-state index contributed by atoms with van der Waals surface area (Å²) in [4.78, 5) is 0.835. The van der Waals surface area contributed by atoms with Crippen LogP contribution >= 0.6 is 0 Å². The maximum Gasteiger partial charge on any atom is 0.243 e. The van der Waals surface area contributed by atoms with Crippen LogP contribution in [0.25, 0.3) is 0 Å². The lowest BCUT2D eigenvalue weighted by atomic mass is 10.1. The molecule has 9 nitrogen and oxygen atoms in total. The highest BCUT2D eigenvalue weighted by Crippen LogP contribution is 2.27. The van der Waals surface area contributed by atoms with E-state index in [9.17, 15) is 25.3 Å². The lowest BCUT2D eigenvalue weighted by Crippen LogP contribution is -2.35. The average Bonchev–Trinajstić information content (AvgIpc) is 2.89. The first-order chi connectivity index (χ1) is 21.8. The number of nitrogens with zero attached hydrogens (tertiary/aromatic N) is 1. The van der Waals surface area contributed by atoms with Gasteiger partial charge in [-0.3, -0.25) is 0 Å². The molecule has 0 aliphatic heterocycles. The van der Waals surface area contributed by atoms with Crippen molar-refractivity contribution in [2.24, 2.45) is 0 Å². The molecule has 0 saturated heterocycles. The Morgan fingerprint density at radius 2 is 0.723 bits per heavy atom. The summed E-state index contributed by atoms with van der Waals surface area (Å²) in [6, 6.07) is 11.1. The molecule has 0 aliphatic carbocycles. The lowest BCUT2D eigenvalue weighted by Gasteiger charge is -2.25. The van der Waals surface area contributed by atoms with Crippen LogP contribution in [0.1, 0.15) is 75.8 Å². The molecule has 47 heavy (non-hydrogen) atoms. The van der Waals surface area contributed by atoms with Crippen LogP contribution in [-0.2, 0) is 30.1 Å². The molecule has 0 aromatic heterocycles. The van der Waals surface area contributed by atoms with Gasteiger partial charge in [0.2, 0.25) is 30.1 Å². The Kier molecular flexibility index (Phi) is 13.0. The molecule has 3 rings (SSSR count). The minimum atomic E-state index is -3.87. The summed E-state index contributed by atoms with van der Waals surface area (Å²) >= 11 is 0. The maximum atomic E-state index is 14.0. The molecule has 0 atom stereocenters. The van der Waals surface area contributed by atoms with Gasteiger partial charge in [-0.1, -0.05) is 53.1 Å². The molecule has 0 radical (unpaired) electrons. The fourth-order valence-corrected chi connectivity index (χ4v) is 11.6. The second-order valence-corrected chi connectivity index (χ2v) is 18.1. The summed E-state index contributed by atoms with van der Waals surface area (Å²) in [5, 5.41) is 0. The Morgan fingerprint density at radius 1 is 0.447 bits per heavy atom. The Morgan fingerprint density at radius 3 is 1.02 bits per heavy atom. The van der Waals surface area contributed by atoms with Gasteiger partial charge in [0.15, 0.2) is 0 Å². The van der Waals surface area contributed by atoms with Crippen LogP contribution in [0.3, 0.4) is 0 Å². The lowest BCUT2D eigenvalue weighted by molar-refractivity contribution is 0.389. The van der Waals surface area contributed by atoms with Crippen molar-refractivity contribution in [2.75, 3.05) is 26.2 Å². The molecular weight excluding hydrogens is 655 g/mol. The number of hydrogen-bond acceptors (Lipinski definition) is 6. The van der Waals surface area contributed by atoms with E-state index in [-0.39, 0.29) is 40.9 Å². The molecular formula is C35H51N3O6S3. The zero-order valence-electron chi connectivity index (χ0n) is 29.2. The summed E-state index contributed by atoms with van der Waals surface area (Å²) < 4.78 is 87.1. The number of aryl methyl sites for hydroxylation is 9. The highest BCUT2D eigenvalue weighted by atomic mass is 32.2. The second kappa shape index (κ2) is 15.7. The molecule has 0 saturated carbocycles. The van der Waals surface area contributed by atoms with Crippen LogP contribution in [-0.4, -0.2) is 55.7 Å². The predicted octanol–water partition coefficient (Wildman–Crippen LogP) is 5.97. The summed E-state index contributed by atoms with van der Waals surface area (Å²) in [5.41, 5.74) is 7.03. The van der Waals surface area contributed by atoms with Crippen LogP contribution in [0, 0.1) is 62.3 Å². The van der Waals surface area contributed by atoms with Crippen LogP contribution in [0.5, 0.6) is 0 Å². The first-order valence-electron chi connectivity index (χ1n) is 16.0. The average molecular weight is 706 g/mol. The van der Waals surface area contributed by atoms with E-state index in [2.05, 4.69) is 9.44 Å². The SMILES string of the molecule is Cc1cc(C)c(S(=O)(=O)NCCCCN(CCCCNS(=O)(=O)c2c(C)cc(C)cc2C)S(=O)(=O)c2c(C)cc(C)cc2C)c(C)c1.